The van der Waals surface area contributed by atoms with Crippen molar-refractivity contribution >= 4 is 54.7 Å². The number of hydrogen-bond acceptors (Lipinski definition) is 23. The molecule has 11 rings (SSSR count). The van der Waals surface area contributed by atoms with Gasteiger partial charge in [-0.05, 0) is 107 Å². The lowest BCUT2D eigenvalue weighted by molar-refractivity contribution is -0.114. The van der Waals surface area contributed by atoms with E-state index >= 15 is 0 Å². The first-order chi connectivity index (χ1) is 42.7. The van der Waals surface area contributed by atoms with Gasteiger partial charge in [-0.1, -0.05) is 73.5 Å². The summed E-state index contributed by atoms with van der Waals surface area (Å²) >= 11 is 1.55. The van der Waals surface area contributed by atoms with E-state index in [4.69, 9.17) is 23.3 Å². The number of anilines is 1. The molecule has 7 heterocycles. The van der Waals surface area contributed by atoms with Crippen LogP contribution < -0.4 is 10.6 Å². The topological polar surface area (TPSA) is 355 Å². The number of thiophene rings is 1. The molecule has 0 aliphatic heterocycles. The van der Waals surface area contributed by atoms with Crippen molar-refractivity contribution in [3.05, 3.63) is 155 Å². The zero-order chi connectivity index (χ0) is 63.5. The van der Waals surface area contributed by atoms with E-state index in [1.807, 2.05) is 119 Å². The third-order valence-electron chi connectivity index (χ3n) is 13.3. The Kier molecular flexibility index (Phi) is 22.2. The molecule has 0 aliphatic carbocycles. The van der Waals surface area contributed by atoms with Crippen LogP contribution in [0.2, 0.25) is 0 Å². The molecule has 0 bridgehead atoms. The molecule has 1 amide bonds. The summed E-state index contributed by atoms with van der Waals surface area (Å²) in [5, 5.41) is 40.3. The van der Waals surface area contributed by atoms with Gasteiger partial charge in [-0.3, -0.25) is 33.5 Å². The van der Waals surface area contributed by atoms with Crippen molar-refractivity contribution in [2.75, 3.05) is 24.7 Å². The summed E-state index contributed by atoms with van der Waals surface area (Å²) < 4.78 is 66.1. The fourth-order valence-electron chi connectivity index (χ4n) is 8.45. The molecule has 2 unspecified atom stereocenters. The standard InChI is InChI=1S/C25H27N5O3S.C19H16N4O2S2.C18H19N5O4S.H2O.5H2/c1-16(2)34(32)21-10-8-19(9-11-21)22-15-27-17(3)23(28-22)25-30-29-24(33-25)20-6-4-18(5-7-20)14-26-12-13-31;1-11-8-9-26-17(11)19-23-22-18(25-19)16-12(2)20-10-14(21-16)13-6-4-5-7-15(13)27(3)24;1-10(2)28(25,26)14-7-5-13(6-8-14)15-9-19-11(3)16(21-15)17-22-23-18(27-17)20-12(4)24;;;;;;/h4-11,15-16,26,31H,12-14H2,1-3H3;4-10H,1-3H3;5-10H,1-4H3,(H,20,23,24);1H2;5*1H. The van der Waals surface area contributed by atoms with Gasteiger partial charge in [0.15, 0.2) is 9.84 Å². The molecule has 0 aliphatic rings. The number of amides is 1. The molecule has 4 aromatic carbocycles. The number of sulfone groups is 1. The number of aromatic nitrogens is 12. The second-order valence-electron chi connectivity index (χ2n) is 20.5. The van der Waals surface area contributed by atoms with Gasteiger partial charge in [-0.25, -0.2) is 23.4 Å². The summed E-state index contributed by atoms with van der Waals surface area (Å²) in [7, 11) is -5.52. The van der Waals surface area contributed by atoms with E-state index < -0.39 is 36.7 Å². The van der Waals surface area contributed by atoms with Gasteiger partial charge in [0.1, 0.15) is 17.1 Å². The predicted octanol–water partition coefficient (Wildman–Crippen LogP) is 11.1. The Morgan fingerprint density at radius 1 is 0.633 bits per heavy atom. The highest BCUT2D eigenvalue weighted by Crippen LogP contribution is 2.33. The van der Waals surface area contributed by atoms with Gasteiger partial charge in [0.2, 0.25) is 11.8 Å². The van der Waals surface area contributed by atoms with Crippen LogP contribution in [0.25, 0.3) is 90.7 Å². The van der Waals surface area contributed by atoms with Crippen LogP contribution in [-0.4, -0.2) is 124 Å². The van der Waals surface area contributed by atoms with E-state index in [1.54, 1.807) is 81.2 Å². The summed E-state index contributed by atoms with van der Waals surface area (Å²) in [6.45, 7) is 17.2. The Balaban J connectivity index is 0.000000363. The molecule has 24 nitrogen and oxygen atoms in total. The van der Waals surface area contributed by atoms with Gasteiger partial charge in [0.05, 0.1) is 96.0 Å². The molecule has 5 N–H and O–H groups in total. The van der Waals surface area contributed by atoms with E-state index in [9.17, 15) is 21.6 Å². The number of benzene rings is 4. The van der Waals surface area contributed by atoms with Gasteiger partial charge in [0.25, 0.3) is 23.6 Å². The van der Waals surface area contributed by atoms with Crippen LogP contribution in [0.1, 0.15) is 70.0 Å². The molecule has 11 aromatic rings. The third-order valence-corrected chi connectivity index (χ3v) is 19.0. The lowest BCUT2D eigenvalue weighted by Gasteiger charge is -2.09. The molecule has 7 aromatic heterocycles. The SMILES string of the molecule is CC(=O)Nc1nnc(-c2nc(-c3ccc(S(=O)(=O)C(C)C)cc3)cnc2C)o1.Cc1ccsc1-c1nnc(-c2nc(-c3ccccc3S(C)=O)cnc2C)o1.Cc1ncc(-c2ccc(S(=O)C(C)C)cc2)nc1-c1nnc(-c2ccc(CNCCO)cc2)o1.O.[HH].[HH].[HH].[HH].[HH]. The smallest absolute Gasteiger partial charge is 0.322 e. The van der Waals surface area contributed by atoms with Gasteiger partial charge >= 0.3 is 6.01 Å². The van der Waals surface area contributed by atoms with E-state index in [2.05, 4.69) is 66.1 Å². The van der Waals surface area contributed by atoms with Crippen molar-refractivity contribution < 1.29 is 52.6 Å². The van der Waals surface area contributed by atoms with Crippen molar-refractivity contribution in [2.24, 2.45) is 0 Å². The minimum absolute atomic E-state index is 0. The summed E-state index contributed by atoms with van der Waals surface area (Å²) in [5.41, 5.74) is 10.5. The second kappa shape index (κ2) is 29.9. The van der Waals surface area contributed by atoms with E-state index in [0.717, 1.165) is 37.6 Å². The van der Waals surface area contributed by atoms with Crippen molar-refractivity contribution in [3.63, 3.8) is 0 Å². The average Bonchev–Trinajstić information content (AvgIpc) is 1.80. The maximum absolute atomic E-state index is 12.3. The molecule has 0 spiro atoms. The van der Waals surface area contributed by atoms with E-state index in [1.165, 1.54) is 6.92 Å². The van der Waals surface area contributed by atoms with Gasteiger partial charge in [0, 0.05) is 70.7 Å². The molecule has 2 atom stereocenters. The average molecular weight is 1300 g/mol. The number of hydrogen-bond donors (Lipinski definition) is 3. The number of aliphatic hydroxyl groups excluding tert-OH is 1. The molecule has 476 valence electrons. The largest absolute Gasteiger partial charge is 0.415 e. The van der Waals surface area contributed by atoms with Crippen LogP contribution in [-0.2, 0) is 42.8 Å². The van der Waals surface area contributed by atoms with Gasteiger partial charge in [-0.15, -0.1) is 36.8 Å². The monoisotopic (exact) mass is 1300 g/mol. The Bertz CT molecular complexity index is 4470. The first-order valence-electron chi connectivity index (χ1n) is 27.7. The highest BCUT2D eigenvalue weighted by atomic mass is 32.2. The fourth-order valence-corrected chi connectivity index (χ4v) is 12.1. The first-order valence-corrected chi connectivity index (χ1v) is 32.9. The highest BCUT2D eigenvalue weighted by molar-refractivity contribution is 7.92. The maximum Gasteiger partial charge on any atom is 0.322 e. The molecule has 0 saturated carbocycles. The predicted molar refractivity (Wildman–Crippen MR) is 353 cm³/mol. The third kappa shape index (κ3) is 16.0. The Morgan fingerprint density at radius 2 is 1.13 bits per heavy atom. The van der Waals surface area contributed by atoms with Gasteiger partial charge in [-0.2, -0.15) is 0 Å². The lowest BCUT2D eigenvalue weighted by Crippen LogP contribution is -2.17. The number of nitrogens with zero attached hydrogens (tertiary/aromatic N) is 12. The Labute approximate surface area is 535 Å². The van der Waals surface area contributed by atoms with Crippen molar-refractivity contribution in [1.29, 1.82) is 0 Å². The van der Waals surface area contributed by atoms with Crippen LogP contribution in [0.4, 0.5) is 6.01 Å². The zero-order valence-electron chi connectivity index (χ0n) is 50.6. The summed E-state index contributed by atoms with van der Waals surface area (Å²) in [5.74, 6) is 1.28. The fraction of sp³-hybridized carbons (Fsp3) is 0.242. The van der Waals surface area contributed by atoms with Gasteiger partial charge < -0.3 is 29.2 Å². The van der Waals surface area contributed by atoms with Crippen LogP contribution in [0.3, 0.4) is 0 Å². The molecular formula is C62H74N14O10S4. The number of carbonyl (C=O) groups excluding carboxylic acids is 1. The highest BCUT2D eigenvalue weighted by Gasteiger charge is 2.23. The normalized spacial score (nSPS) is 11.9. The number of carbonyl (C=O) groups is 1. The van der Waals surface area contributed by atoms with Crippen molar-refractivity contribution in [1.82, 2.24) is 65.8 Å². The molecule has 0 radical (unpaired) electrons. The molecule has 0 saturated heterocycles. The maximum atomic E-state index is 12.3. The summed E-state index contributed by atoms with van der Waals surface area (Å²) in [6, 6.07) is 31.2. The van der Waals surface area contributed by atoms with Crippen LogP contribution in [0, 0.1) is 27.7 Å². The van der Waals surface area contributed by atoms with Crippen LogP contribution >= 0.6 is 11.3 Å². The quantitative estimate of drug-likeness (QED) is 0.0672. The minimum atomic E-state index is -3.34. The number of nitrogens with one attached hydrogen (secondary N) is 2. The molecule has 0 fully saturated rings. The first kappa shape index (κ1) is 66.8. The Hall–Kier alpha value is -9.16. The van der Waals surface area contributed by atoms with Crippen LogP contribution in [0.15, 0.2) is 155 Å². The summed E-state index contributed by atoms with van der Waals surface area (Å²) in [6.07, 6.45) is 6.60. The summed E-state index contributed by atoms with van der Waals surface area (Å²) in [4.78, 5) is 40.9. The van der Waals surface area contributed by atoms with Crippen LogP contribution in [0.5, 0.6) is 0 Å². The molecule has 90 heavy (non-hydrogen) atoms. The molecule has 28 heteroatoms. The van der Waals surface area contributed by atoms with E-state index in [-0.39, 0.29) is 47.2 Å². The number of rotatable bonds is 18. The van der Waals surface area contributed by atoms with Crippen molar-refractivity contribution in [2.45, 2.75) is 94.0 Å². The number of aliphatic hydroxyl groups is 1. The number of aryl methyl sites for hydroxylation is 4. The zero-order valence-corrected chi connectivity index (χ0v) is 53.9. The second-order valence-corrected chi connectivity index (χ2v) is 27.2. The Morgan fingerprint density at radius 3 is 1.67 bits per heavy atom. The van der Waals surface area contributed by atoms with Crippen molar-refractivity contribution in [3.8, 4) is 90.7 Å². The van der Waals surface area contributed by atoms with E-state index in [0.29, 0.717) is 98.4 Å². The lowest BCUT2D eigenvalue weighted by atomic mass is 10.1. The molecular weight excluding hydrogens is 1230 g/mol. The minimum Gasteiger partial charge on any atom is -0.415 e.